The first-order valence-electron chi connectivity index (χ1n) is 6.39. The number of likely N-dealkylation sites (N-methyl/N-ethyl adjacent to an activating group) is 1. The van der Waals surface area contributed by atoms with Crippen LogP contribution in [0.4, 0.5) is 0 Å². The van der Waals surface area contributed by atoms with Crippen LogP contribution in [0.5, 0.6) is 5.75 Å². The van der Waals surface area contributed by atoms with E-state index in [-0.39, 0.29) is 10.9 Å². The molecule has 0 aliphatic carbocycles. The third-order valence-electron chi connectivity index (χ3n) is 2.76. The molecule has 0 aromatic heterocycles. The number of benzene rings is 1. The van der Waals surface area contributed by atoms with Crippen molar-refractivity contribution in [1.82, 2.24) is 10.0 Å². The molecule has 1 aromatic rings. The van der Waals surface area contributed by atoms with Gasteiger partial charge in [-0.25, -0.2) is 13.1 Å². The Hall–Kier alpha value is -1.15. The first-order valence-corrected chi connectivity index (χ1v) is 7.87. The van der Waals surface area contributed by atoms with Crippen LogP contribution in [-0.2, 0) is 14.8 Å². The Morgan fingerprint density at radius 1 is 1.25 bits per heavy atom. The molecule has 0 aliphatic rings. The van der Waals surface area contributed by atoms with Crippen LogP contribution in [-0.4, -0.2) is 48.4 Å². The van der Waals surface area contributed by atoms with Crippen LogP contribution >= 0.6 is 0 Å². The van der Waals surface area contributed by atoms with Gasteiger partial charge in [-0.15, -0.1) is 0 Å². The van der Waals surface area contributed by atoms with Crippen LogP contribution in [0, 0.1) is 0 Å². The van der Waals surface area contributed by atoms with Gasteiger partial charge in [0.25, 0.3) is 0 Å². The lowest BCUT2D eigenvalue weighted by Crippen LogP contribution is -2.37. The van der Waals surface area contributed by atoms with Crippen LogP contribution in [0.15, 0.2) is 29.2 Å². The minimum atomic E-state index is -3.59. The highest BCUT2D eigenvalue weighted by molar-refractivity contribution is 7.89. The predicted molar refractivity (Wildman–Crippen MR) is 77.5 cm³/mol. The lowest BCUT2D eigenvalue weighted by Gasteiger charge is -2.14. The fourth-order valence-electron chi connectivity index (χ4n) is 1.44. The van der Waals surface area contributed by atoms with Gasteiger partial charge in [0.1, 0.15) is 17.3 Å². The number of hydrogen-bond acceptors (Lipinski definition) is 5. The SMILES string of the molecule is CNC(C)CNS(=O)(=O)c1ccccc1OCCOC. The molecule has 0 heterocycles. The normalized spacial score (nSPS) is 13.2. The molecule has 0 saturated carbocycles. The van der Waals surface area contributed by atoms with Gasteiger partial charge in [-0.05, 0) is 26.1 Å². The van der Waals surface area contributed by atoms with Crippen molar-refractivity contribution >= 4 is 10.0 Å². The Morgan fingerprint density at radius 3 is 2.60 bits per heavy atom. The molecule has 6 nitrogen and oxygen atoms in total. The molecule has 1 rings (SSSR count). The summed E-state index contributed by atoms with van der Waals surface area (Å²) in [7, 11) is -0.248. The summed E-state index contributed by atoms with van der Waals surface area (Å²) in [6, 6.07) is 6.60. The van der Waals surface area contributed by atoms with Crippen molar-refractivity contribution in [3.05, 3.63) is 24.3 Å². The fraction of sp³-hybridized carbons (Fsp3) is 0.538. The van der Waals surface area contributed by atoms with Gasteiger partial charge in [-0.3, -0.25) is 0 Å². The van der Waals surface area contributed by atoms with Crippen molar-refractivity contribution in [3.63, 3.8) is 0 Å². The molecule has 0 amide bonds. The Bertz CT molecular complexity index is 505. The van der Waals surface area contributed by atoms with Crippen molar-refractivity contribution in [1.29, 1.82) is 0 Å². The predicted octanol–water partition coefficient (Wildman–Crippen LogP) is 0.598. The van der Waals surface area contributed by atoms with Gasteiger partial charge < -0.3 is 14.8 Å². The molecule has 0 radical (unpaired) electrons. The molecular weight excluding hydrogens is 280 g/mol. The smallest absolute Gasteiger partial charge is 0.244 e. The Kier molecular flexibility index (Phi) is 6.94. The second-order valence-electron chi connectivity index (χ2n) is 4.33. The van der Waals surface area contributed by atoms with Crippen molar-refractivity contribution in [3.8, 4) is 5.75 Å². The zero-order valence-electron chi connectivity index (χ0n) is 12.0. The molecule has 0 spiro atoms. The van der Waals surface area contributed by atoms with E-state index in [0.29, 0.717) is 25.5 Å². The Morgan fingerprint density at radius 2 is 1.95 bits per heavy atom. The van der Waals surface area contributed by atoms with E-state index in [1.54, 1.807) is 32.4 Å². The molecule has 0 fully saturated rings. The van der Waals surface area contributed by atoms with Gasteiger partial charge >= 0.3 is 0 Å². The highest BCUT2D eigenvalue weighted by Crippen LogP contribution is 2.22. The lowest BCUT2D eigenvalue weighted by molar-refractivity contribution is 0.144. The molecule has 1 atom stereocenters. The standard InChI is InChI=1S/C13H22N2O4S/c1-11(14-2)10-15-20(16,17)13-7-5-4-6-12(13)19-9-8-18-3/h4-7,11,14-15H,8-10H2,1-3H3. The molecular formula is C13H22N2O4S. The van der Waals surface area contributed by atoms with Gasteiger partial charge in [0.05, 0.1) is 6.61 Å². The molecule has 114 valence electrons. The third kappa shape index (κ3) is 5.09. The second-order valence-corrected chi connectivity index (χ2v) is 6.06. The van der Waals surface area contributed by atoms with Crippen LogP contribution < -0.4 is 14.8 Å². The summed E-state index contributed by atoms with van der Waals surface area (Å²) < 4.78 is 37.4. The summed E-state index contributed by atoms with van der Waals surface area (Å²) >= 11 is 0. The maximum Gasteiger partial charge on any atom is 0.244 e. The number of methoxy groups -OCH3 is 1. The average molecular weight is 302 g/mol. The summed E-state index contributed by atoms with van der Waals surface area (Å²) in [5.74, 6) is 0.328. The van der Waals surface area contributed by atoms with Crippen molar-refractivity contribution < 1.29 is 17.9 Å². The summed E-state index contributed by atoms with van der Waals surface area (Å²) in [5, 5.41) is 2.97. The van der Waals surface area contributed by atoms with Crippen LogP contribution in [0.1, 0.15) is 6.92 Å². The zero-order chi connectivity index (χ0) is 15.0. The minimum Gasteiger partial charge on any atom is -0.490 e. The van der Waals surface area contributed by atoms with E-state index in [2.05, 4.69) is 10.0 Å². The monoisotopic (exact) mass is 302 g/mol. The van der Waals surface area contributed by atoms with E-state index < -0.39 is 10.0 Å². The van der Waals surface area contributed by atoms with Gasteiger partial charge in [0, 0.05) is 19.7 Å². The number of para-hydroxylation sites is 1. The molecule has 1 aromatic carbocycles. The summed E-state index contributed by atoms with van der Waals surface area (Å²) in [6.45, 7) is 2.91. The molecule has 2 N–H and O–H groups in total. The molecule has 1 unspecified atom stereocenters. The van der Waals surface area contributed by atoms with E-state index >= 15 is 0 Å². The van der Waals surface area contributed by atoms with Crippen LogP contribution in [0.2, 0.25) is 0 Å². The van der Waals surface area contributed by atoms with E-state index in [1.165, 1.54) is 6.07 Å². The summed E-state index contributed by atoms with van der Waals surface area (Å²) in [6.07, 6.45) is 0. The zero-order valence-corrected chi connectivity index (χ0v) is 12.9. The van der Waals surface area contributed by atoms with E-state index in [9.17, 15) is 8.42 Å². The highest BCUT2D eigenvalue weighted by Gasteiger charge is 2.19. The number of rotatable bonds is 9. The minimum absolute atomic E-state index is 0.0475. The number of ether oxygens (including phenoxy) is 2. The van der Waals surface area contributed by atoms with Gasteiger partial charge in [-0.2, -0.15) is 0 Å². The first kappa shape index (κ1) is 16.9. The van der Waals surface area contributed by atoms with Crippen LogP contribution in [0.3, 0.4) is 0 Å². The van der Waals surface area contributed by atoms with Gasteiger partial charge in [-0.1, -0.05) is 12.1 Å². The van der Waals surface area contributed by atoms with Crippen molar-refractivity contribution in [2.45, 2.75) is 17.9 Å². The van der Waals surface area contributed by atoms with Gasteiger partial charge in [0.2, 0.25) is 10.0 Å². The first-order chi connectivity index (χ1) is 9.51. The largest absolute Gasteiger partial charge is 0.490 e. The Labute approximate surface area is 120 Å². The van der Waals surface area contributed by atoms with E-state index in [4.69, 9.17) is 9.47 Å². The molecule has 0 saturated heterocycles. The number of hydrogen-bond donors (Lipinski definition) is 2. The Balaban J connectivity index is 2.82. The number of sulfonamides is 1. The third-order valence-corrected chi connectivity index (χ3v) is 4.22. The molecule has 0 aliphatic heterocycles. The topological polar surface area (TPSA) is 76.7 Å². The van der Waals surface area contributed by atoms with E-state index in [1.807, 2.05) is 6.92 Å². The molecule has 7 heteroatoms. The lowest BCUT2D eigenvalue weighted by atomic mass is 10.3. The van der Waals surface area contributed by atoms with Crippen LogP contribution in [0.25, 0.3) is 0 Å². The second kappa shape index (κ2) is 8.21. The van der Waals surface area contributed by atoms with E-state index in [0.717, 1.165) is 0 Å². The maximum atomic E-state index is 12.3. The molecule has 20 heavy (non-hydrogen) atoms. The highest BCUT2D eigenvalue weighted by atomic mass is 32.2. The fourth-order valence-corrected chi connectivity index (χ4v) is 2.72. The van der Waals surface area contributed by atoms with Gasteiger partial charge in [0.15, 0.2) is 0 Å². The molecule has 0 bridgehead atoms. The van der Waals surface area contributed by atoms with Crippen molar-refractivity contribution in [2.24, 2.45) is 0 Å². The maximum absolute atomic E-state index is 12.3. The summed E-state index contributed by atoms with van der Waals surface area (Å²) in [4.78, 5) is 0.138. The number of nitrogens with one attached hydrogen (secondary N) is 2. The quantitative estimate of drug-likeness (QED) is 0.653. The average Bonchev–Trinajstić information content (AvgIpc) is 2.45. The van der Waals surface area contributed by atoms with Crippen molar-refractivity contribution in [2.75, 3.05) is 33.9 Å². The summed E-state index contributed by atoms with van der Waals surface area (Å²) in [5.41, 5.74) is 0.